The van der Waals surface area contributed by atoms with E-state index in [2.05, 4.69) is 32.9 Å². The highest BCUT2D eigenvalue weighted by molar-refractivity contribution is 4.96. The van der Waals surface area contributed by atoms with Gasteiger partial charge in [-0.1, -0.05) is 39.3 Å². The fraction of sp³-hybridized carbons (Fsp3) is 0.875. The van der Waals surface area contributed by atoms with Gasteiger partial charge in [0.25, 0.3) is 0 Å². The van der Waals surface area contributed by atoms with Crippen LogP contribution in [0, 0.1) is 23.7 Å². The molecule has 0 N–H and O–H groups in total. The van der Waals surface area contributed by atoms with E-state index in [1.54, 1.807) is 0 Å². The molecule has 0 spiro atoms. The quantitative estimate of drug-likeness (QED) is 0.659. The predicted octanol–water partition coefficient (Wildman–Crippen LogP) is 4.43. The monoisotopic (exact) mass is 236 g/mol. The van der Waals surface area contributed by atoms with Gasteiger partial charge in [-0.3, -0.25) is 0 Å². The molecule has 1 fully saturated rings. The van der Waals surface area contributed by atoms with Gasteiger partial charge in [0.2, 0.25) is 0 Å². The van der Waals surface area contributed by atoms with Crippen LogP contribution in [0.4, 0.5) is 0 Å². The van der Waals surface area contributed by atoms with Gasteiger partial charge in [-0.2, -0.15) is 0 Å². The van der Waals surface area contributed by atoms with Crippen LogP contribution in [0.25, 0.3) is 0 Å². The second kappa shape index (κ2) is 6.04. The van der Waals surface area contributed by atoms with E-state index in [1.807, 2.05) is 0 Å². The molecule has 0 bridgehead atoms. The van der Waals surface area contributed by atoms with Crippen molar-refractivity contribution in [3.8, 4) is 0 Å². The molecule has 5 unspecified atom stereocenters. The molecule has 0 radical (unpaired) electrons. The molecular weight excluding hydrogens is 208 g/mol. The molecule has 1 aliphatic heterocycles. The maximum Gasteiger partial charge on any atom is 0.0756 e. The van der Waals surface area contributed by atoms with Gasteiger partial charge in [0.05, 0.1) is 12.7 Å². The Morgan fingerprint density at radius 2 is 1.88 bits per heavy atom. The molecule has 0 amide bonds. The molecule has 2 rings (SSSR count). The average Bonchev–Trinajstić information content (AvgIpc) is 2.30. The van der Waals surface area contributed by atoms with Crippen LogP contribution in [0.2, 0.25) is 0 Å². The van der Waals surface area contributed by atoms with E-state index in [9.17, 15) is 0 Å². The maximum atomic E-state index is 5.85. The Bertz CT molecular complexity index is 258. The Labute approximate surface area is 107 Å². The van der Waals surface area contributed by atoms with Gasteiger partial charge in [0.1, 0.15) is 0 Å². The van der Waals surface area contributed by atoms with Gasteiger partial charge in [-0.15, -0.1) is 0 Å². The lowest BCUT2D eigenvalue weighted by Gasteiger charge is -2.33. The summed E-state index contributed by atoms with van der Waals surface area (Å²) in [4.78, 5) is 0. The minimum absolute atomic E-state index is 0.401. The van der Waals surface area contributed by atoms with Gasteiger partial charge in [-0.05, 0) is 49.4 Å². The summed E-state index contributed by atoms with van der Waals surface area (Å²) in [5.74, 6) is 3.43. The summed E-state index contributed by atoms with van der Waals surface area (Å²) in [5.41, 5.74) is 0. The van der Waals surface area contributed by atoms with Gasteiger partial charge in [-0.25, -0.2) is 0 Å². The van der Waals surface area contributed by atoms with Crippen LogP contribution < -0.4 is 0 Å². The summed E-state index contributed by atoms with van der Waals surface area (Å²) in [6.07, 6.45) is 11.9. The van der Waals surface area contributed by atoms with Crippen LogP contribution in [0.15, 0.2) is 12.2 Å². The van der Waals surface area contributed by atoms with Crippen LogP contribution in [0.1, 0.15) is 52.9 Å². The molecule has 1 saturated carbocycles. The molecule has 0 aromatic heterocycles. The lowest BCUT2D eigenvalue weighted by molar-refractivity contribution is 0.0458. The first-order chi connectivity index (χ1) is 8.15. The molecule has 98 valence electrons. The molecule has 0 saturated heterocycles. The first kappa shape index (κ1) is 13.1. The summed E-state index contributed by atoms with van der Waals surface area (Å²) < 4.78 is 5.85. The van der Waals surface area contributed by atoms with Crippen molar-refractivity contribution >= 4 is 0 Å². The summed E-state index contributed by atoms with van der Waals surface area (Å²) in [6, 6.07) is 0. The van der Waals surface area contributed by atoms with E-state index in [-0.39, 0.29) is 0 Å². The van der Waals surface area contributed by atoms with Crippen LogP contribution in [0.5, 0.6) is 0 Å². The SMILES string of the molecule is CC1C=CC(CCC2CCC(C)CC2C)OC1. The standard InChI is InChI=1S/C16H28O/c1-12-4-6-15(14(3)10-12)7-9-16-8-5-13(2)11-17-16/h5,8,12-16H,4,6-7,9-11H2,1-3H3. The Morgan fingerprint density at radius 3 is 2.53 bits per heavy atom. The zero-order chi connectivity index (χ0) is 12.3. The highest BCUT2D eigenvalue weighted by Gasteiger charge is 2.26. The van der Waals surface area contributed by atoms with Crippen molar-refractivity contribution in [3.63, 3.8) is 0 Å². The van der Waals surface area contributed by atoms with Crippen molar-refractivity contribution in [2.24, 2.45) is 23.7 Å². The molecule has 1 aliphatic carbocycles. The topological polar surface area (TPSA) is 9.23 Å². The molecule has 5 atom stereocenters. The number of rotatable bonds is 3. The fourth-order valence-corrected chi connectivity index (χ4v) is 3.41. The third-order valence-corrected chi connectivity index (χ3v) is 4.66. The summed E-state index contributed by atoms with van der Waals surface area (Å²) in [7, 11) is 0. The molecule has 0 aromatic carbocycles. The van der Waals surface area contributed by atoms with Crippen LogP contribution in [0.3, 0.4) is 0 Å². The van der Waals surface area contributed by atoms with Crippen LogP contribution in [-0.2, 0) is 4.74 Å². The highest BCUT2D eigenvalue weighted by Crippen LogP contribution is 2.36. The van der Waals surface area contributed by atoms with E-state index in [0.29, 0.717) is 12.0 Å². The van der Waals surface area contributed by atoms with E-state index in [1.165, 1.54) is 32.1 Å². The van der Waals surface area contributed by atoms with Gasteiger partial charge in [0, 0.05) is 0 Å². The second-order valence-electron chi connectivity index (χ2n) is 6.47. The van der Waals surface area contributed by atoms with Gasteiger partial charge < -0.3 is 4.74 Å². The Kier molecular flexibility index (Phi) is 4.67. The first-order valence-corrected chi connectivity index (χ1v) is 7.45. The highest BCUT2D eigenvalue weighted by atomic mass is 16.5. The van der Waals surface area contributed by atoms with Crippen molar-refractivity contribution in [2.45, 2.75) is 59.0 Å². The Morgan fingerprint density at radius 1 is 1.06 bits per heavy atom. The summed E-state index contributed by atoms with van der Waals surface area (Å²) in [5, 5.41) is 0. The molecular formula is C16H28O. The van der Waals surface area contributed by atoms with Crippen molar-refractivity contribution < 1.29 is 4.74 Å². The third-order valence-electron chi connectivity index (χ3n) is 4.66. The molecule has 0 aromatic rings. The number of hydrogen-bond acceptors (Lipinski definition) is 1. The second-order valence-corrected chi connectivity index (χ2v) is 6.47. The van der Waals surface area contributed by atoms with E-state index >= 15 is 0 Å². The number of hydrogen-bond donors (Lipinski definition) is 0. The minimum Gasteiger partial charge on any atom is -0.374 e. The molecule has 2 aliphatic rings. The van der Waals surface area contributed by atoms with Crippen molar-refractivity contribution in [2.75, 3.05) is 6.61 Å². The number of ether oxygens (including phenoxy) is 1. The summed E-state index contributed by atoms with van der Waals surface area (Å²) in [6.45, 7) is 7.98. The van der Waals surface area contributed by atoms with Crippen molar-refractivity contribution in [3.05, 3.63) is 12.2 Å². The third kappa shape index (κ3) is 3.84. The van der Waals surface area contributed by atoms with Crippen molar-refractivity contribution in [1.82, 2.24) is 0 Å². The van der Waals surface area contributed by atoms with Gasteiger partial charge >= 0.3 is 0 Å². The molecule has 17 heavy (non-hydrogen) atoms. The zero-order valence-electron chi connectivity index (χ0n) is 11.7. The Balaban J connectivity index is 1.73. The maximum absolute atomic E-state index is 5.85. The molecule has 1 heteroatoms. The minimum atomic E-state index is 0.401. The lowest BCUT2D eigenvalue weighted by atomic mass is 9.73. The largest absolute Gasteiger partial charge is 0.374 e. The predicted molar refractivity (Wildman–Crippen MR) is 72.9 cm³/mol. The Hall–Kier alpha value is -0.300. The van der Waals surface area contributed by atoms with Gasteiger partial charge in [0.15, 0.2) is 0 Å². The summed E-state index contributed by atoms with van der Waals surface area (Å²) >= 11 is 0. The lowest BCUT2D eigenvalue weighted by Crippen LogP contribution is -2.24. The first-order valence-electron chi connectivity index (χ1n) is 7.45. The van der Waals surface area contributed by atoms with E-state index in [0.717, 1.165) is 24.4 Å². The smallest absolute Gasteiger partial charge is 0.0756 e. The fourth-order valence-electron chi connectivity index (χ4n) is 3.41. The van der Waals surface area contributed by atoms with Crippen molar-refractivity contribution in [1.29, 1.82) is 0 Å². The molecule has 1 nitrogen and oxygen atoms in total. The van der Waals surface area contributed by atoms with Crippen LogP contribution >= 0.6 is 0 Å². The normalized spacial score (nSPS) is 42.6. The average molecular weight is 236 g/mol. The van der Waals surface area contributed by atoms with Crippen LogP contribution in [-0.4, -0.2) is 12.7 Å². The molecule has 1 heterocycles. The zero-order valence-corrected chi connectivity index (χ0v) is 11.7. The van der Waals surface area contributed by atoms with E-state index < -0.39 is 0 Å². The van der Waals surface area contributed by atoms with E-state index in [4.69, 9.17) is 4.74 Å².